The Morgan fingerprint density at radius 2 is 1.94 bits per heavy atom. The minimum Gasteiger partial charge on any atom is -0.740 e. The summed E-state index contributed by atoms with van der Waals surface area (Å²) in [5.74, 6) is -0.781. The van der Waals surface area contributed by atoms with Crippen LogP contribution in [0.3, 0.4) is 0 Å². The highest BCUT2D eigenvalue weighted by molar-refractivity contribution is 7.74. The molecule has 1 unspecified atom stereocenters. The van der Waals surface area contributed by atoms with E-state index in [-0.39, 0.29) is 6.07 Å². The van der Waals surface area contributed by atoms with Gasteiger partial charge in [-0.25, -0.2) is 4.21 Å². The van der Waals surface area contributed by atoms with Crippen molar-refractivity contribution in [1.82, 2.24) is 0 Å². The molecule has 0 fully saturated rings. The molecule has 0 aromatic heterocycles. The lowest BCUT2D eigenvalue weighted by Crippen LogP contribution is -2.07. The van der Waals surface area contributed by atoms with Crippen LogP contribution in [0.2, 0.25) is 0 Å². The minimum atomic E-state index is -4.76. The van der Waals surface area contributed by atoms with Crippen molar-refractivity contribution >= 4 is 17.0 Å². The second-order valence-corrected chi connectivity index (χ2v) is 3.30. The summed E-state index contributed by atoms with van der Waals surface area (Å²) in [5.41, 5.74) is -2.35. The molecule has 0 aliphatic rings. The van der Waals surface area contributed by atoms with Crippen LogP contribution in [0.1, 0.15) is 5.56 Å². The van der Waals surface area contributed by atoms with Gasteiger partial charge in [0.05, 0.1) is 10.5 Å². The summed E-state index contributed by atoms with van der Waals surface area (Å²) in [4.78, 5) is 9.27. The van der Waals surface area contributed by atoms with Crippen molar-refractivity contribution in [1.29, 1.82) is 0 Å². The van der Waals surface area contributed by atoms with Crippen molar-refractivity contribution in [2.24, 2.45) is 0 Å². The first-order valence-corrected chi connectivity index (χ1v) is 4.85. The molecule has 1 atom stereocenters. The highest BCUT2D eigenvalue weighted by Gasteiger charge is 2.33. The van der Waals surface area contributed by atoms with Gasteiger partial charge in [-0.3, -0.25) is 10.1 Å². The standard InChI is InChI=1S/C7H4F3NO5S/c8-7(9,10)4-1-2-6(16-17(14)15)5(3-4)11(12)13/h1-3H,(H,14,15)/p-1. The zero-order valence-corrected chi connectivity index (χ0v) is 8.58. The van der Waals surface area contributed by atoms with Crippen LogP contribution in [0, 0.1) is 10.1 Å². The van der Waals surface area contributed by atoms with Gasteiger partial charge >= 0.3 is 11.9 Å². The largest absolute Gasteiger partial charge is 0.740 e. The number of nitrogens with zero attached hydrogens (tertiary/aromatic N) is 1. The third kappa shape index (κ3) is 3.39. The third-order valence-electron chi connectivity index (χ3n) is 1.64. The van der Waals surface area contributed by atoms with E-state index in [4.69, 9.17) is 0 Å². The maximum atomic E-state index is 12.2. The number of alkyl halides is 3. The van der Waals surface area contributed by atoms with Crippen LogP contribution in [-0.2, 0) is 17.5 Å². The van der Waals surface area contributed by atoms with Gasteiger partial charge in [0.1, 0.15) is 11.4 Å². The van der Waals surface area contributed by atoms with Crippen molar-refractivity contribution in [3.8, 4) is 5.75 Å². The predicted octanol–water partition coefficient (Wildman–Crippen LogP) is 1.79. The molecule has 0 saturated heterocycles. The Morgan fingerprint density at radius 1 is 1.35 bits per heavy atom. The molecule has 94 valence electrons. The highest BCUT2D eigenvalue weighted by Crippen LogP contribution is 2.36. The topological polar surface area (TPSA) is 92.5 Å². The second-order valence-electron chi connectivity index (χ2n) is 2.72. The number of hydrogen-bond donors (Lipinski definition) is 0. The van der Waals surface area contributed by atoms with Crippen LogP contribution in [0.25, 0.3) is 0 Å². The smallest absolute Gasteiger partial charge is 0.416 e. The minimum absolute atomic E-state index is 0.197. The zero-order valence-electron chi connectivity index (χ0n) is 7.76. The first-order chi connectivity index (χ1) is 7.71. The van der Waals surface area contributed by atoms with E-state index in [1.54, 1.807) is 0 Å². The van der Waals surface area contributed by atoms with E-state index in [0.717, 1.165) is 0 Å². The molecule has 0 aliphatic carbocycles. The summed E-state index contributed by atoms with van der Waals surface area (Å²) in [7, 11) is 0. The summed E-state index contributed by atoms with van der Waals surface area (Å²) in [6.07, 6.45) is -4.76. The van der Waals surface area contributed by atoms with Crippen LogP contribution in [0.5, 0.6) is 5.75 Å². The van der Waals surface area contributed by atoms with E-state index >= 15 is 0 Å². The van der Waals surface area contributed by atoms with E-state index in [2.05, 4.69) is 4.18 Å². The van der Waals surface area contributed by atoms with Crippen molar-refractivity contribution in [2.45, 2.75) is 6.18 Å². The van der Waals surface area contributed by atoms with Crippen LogP contribution < -0.4 is 4.18 Å². The van der Waals surface area contributed by atoms with E-state index in [9.17, 15) is 32.0 Å². The number of benzene rings is 1. The molecule has 0 saturated carbocycles. The fourth-order valence-corrected chi connectivity index (χ4v) is 1.27. The molecule has 0 N–H and O–H groups in total. The second kappa shape index (κ2) is 4.67. The van der Waals surface area contributed by atoms with Crippen LogP contribution in [-0.4, -0.2) is 13.7 Å². The van der Waals surface area contributed by atoms with Gasteiger partial charge in [-0.2, -0.15) is 13.2 Å². The molecule has 0 spiro atoms. The molecule has 0 amide bonds. The summed E-state index contributed by atoms with van der Waals surface area (Å²) in [5, 5.41) is 10.4. The lowest BCUT2D eigenvalue weighted by atomic mass is 10.2. The number of nitro groups is 1. The molecule has 0 heterocycles. The number of nitro benzene ring substituents is 1. The molecule has 10 heteroatoms. The highest BCUT2D eigenvalue weighted by atomic mass is 32.2. The van der Waals surface area contributed by atoms with Gasteiger partial charge in [0.15, 0.2) is 0 Å². The molecule has 1 aromatic carbocycles. The fourth-order valence-electron chi connectivity index (χ4n) is 0.980. The molecular weight excluding hydrogens is 267 g/mol. The summed E-state index contributed by atoms with van der Waals surface area (Å²) in [6, 6.07) is 1.24. The van der Waals surface area contributed by atoms with Crippen molar-refractivity contribution in [3.05, 3.63) is 33.9 Å². The summed E-state index contributed by atoms with van der Waals surface area (Å²) in [6.45, 7) is 0. The van der Waals surface area contributed by atoms with Crippen LogP contribution in [0.15, 0.2) is 18.2 Å². The summed E-state index contributed by atoms with van der Waals surface area (Å²) >= 11 is -3.11. The molecular formula is C7H3F3NO5S-. The lowest BCUT2D eigenvalue weighted by Gasteiger charge is -2.10. The quantitative estimate of drug-likeness (QED) is 0.474. The Hall–Kier alpha value is -1.68. The number of halogens is 3. The molecule has 1 aromatic rings. The average Bonchev–Trinajstić information content (AvgIpc) is 2.15. The number of rotatable bonds is 3. The SMILES string of the molecule is O=[N+]([O-])c1cc(C(F)(F)F)ccc1OS(=O)[O-]. The fraction of sp³-hybridized carbons (Fsp3) is 0.143. The molecule has 0 bridgehead atoms. The maximum absolute atomic E-state index is 12.2. The molecule has 0 radical (unpaired) electrons. The number of hydrogen-bond acceptors (Lipinski definition) is 5. The van der Waals surface area contributed by atoms with Gasteiger partial charge in [0.25, 0.3) is 0 Å². The Bertz CT molecular complexity index is 475. The zero-order chi connectivity index (χ0) is 13.2. The Labute approximate surface area is 94.6 Å². The summed E-state index contributed by atoms with van der Waals surface area (Å²) < 4.78 is 61.0. The molecule has 1 rings (SSSR count). The van der Waals surface area contributed by atoms with Crippen molar-refractivity contribution in [3.63, 3.8) is 0 Å². The van der Waals surface area contributed by atoms with E-state index in [1.165, 1.54) is 0 Å². The van der Waals surface area contributed by atoms with Crippen molar-refractivity contribution < 1.29 is 31.0 Å². The Morgan fingerprint density at radius 3 is 2.35 bits per heavy atom. The average molecular weight is 270 g/mol. The van der Waals surface area contributed by atoms with Gasteiger partial charge in [-0.05, 0) is 12.1 Å². The maximum Gasteiger partial charge on any atom is 0.416 e. The monoisotopic (exact) mass is 270 g/mol. The molecule has 17 heavy (non-hydrogen) atoms. The van der Waals surface area contributed by atoms with Gasteiger partial charge in [0.2, 0.25) is 5.75 Å². The first kappa shape index (κ1) is 13.4. The van der Waals surface area contributed by atoms with Crippen LogP contribution >= 0.6 is 0 Å². The third-order valence-corrected chi connectivity index (χ3v) is 1.96. The van der Waals surface area contributed by atoms with E-state index in [1.807, 2.05) is 0 Å². The van der Waals surface area contributed by atoms with Gasteiger partial charge < -0.3 is 8.74 Å². The van der Waals surface area contributed by atoms with E-state index < -0.39 is 39.5 Å². The van der Waals surface area contributed by atoms with Crippen molar-refractivity contribution in [2.75, 3.05) is 0 Å². The van der Waals surface area contributed by atoms with Gasteiger partial charge in [0, 0.05) is 6.07 Å². The van der Waals surface area contributed by atoms with E-state index in [0.29, 0.717) is 12.1 Å². The Kier molecular flexibility index (Phi) is 3.68. The predicted molar refractivity (Wildman–Crippen MR) is 47.6 cm³/mol. The van der Waals surface area contributed by atoms with Crippen LogP contribution in [0.4, 0.5) is 18.9 Å². The molecule has 6 nitrogen and oxygen atoms in total. The molecule has 0 aliphatic heterocycles. The first-order valence-electron chi connectivity index (χ1n) is 3.85. The van der Waals surface area contributed by atoms with Gasteiger partial charge in [-0.1, -0.05) is 0 Å². The normalized spacial score (nSPS) is 13.2. The lowest BCUT2D eigenvalue weighted by molar-refractivity contribution is -0.385. The Balaban J connectivity index is 3.27. The van der Waals surface area contributed by atoms with Gasteiger partial charge in [-0.15, -0.1) is 0 Å².